The number of hydrogen-bond donors (Lipinski definition) is 0. The molecule has 10 rings (SSSR count). The maximum Gasteiger partial charge on any atom is 0.108 e. The number of aryl methyl sites for hydroxylation is 4. The van der Waals surface area contributed by atoms with Crippen LogP contribution in [0, 0.1) is 0 Å². The Morgan fingerprint density at radius 2 is 0.743 bits per heavy atom. The standard InChI is InChI=1S/C64H70N2S8/c1-5-9-13-17-23-43-37-57(69-41-43)49-31-33-53(71-49)63-45(25-19-15-11-7-3)39-55(73-63)47-29-30-48(60-59(47)65-61(51-27-21-35-67-51)62(66-60)52-28-22-36-68-52)56-40-46(26-20-16-12-8-4)64(74-56)54-34-32-50(72-54)58-38-44(42-70-58)24-18-14-10-6-2/h21-22,27-42H,5-20,23-26H2,1-4H3. The van der Waals surface area contributed by atoms with Crippen LogP contribution in [-0.2, 0) is 25.7 Å². The highest BCUT2D eigenvalue weighted by atomic mass is 32.1. The number of nitrogens with zero attached hydrogens (tertiary/aromatic N) is 2. The predicted molar refractivity (Wildman–Crippen MR) is 337 cm³/mol. The zero-order chi connectivity index (χ0) is 50.6. The van der Waals surface area contributed by atoms with E-state index >= 15 is 0 Å². The van der Waals surface area contributed by atoms with Crippen LogP contribution in [0.25, 0.3) is 92.1 Å². The Labute approximate surface area is 473 Å². The first-order chi connectivity index (χ1) is 36.5. The summed E-state index contributed by atoms with van der Waals surface area (Å²) in [6.45, 7) is 9.22. The summed E-state index contributed by atoms with van der Waals surface area (Å²) in [5.41, 5.74) is 12.2. The van der Waals surface area contributed by atoms with Crippen LogP contribution in [0.3, 0.4) is 0 Å². The molecular weight excluding hydrogens is 1050 g/mol. The molecule has 9 aromatic heterocycles. The minimum Gasteiger partial charge on any atom is -0.242 e. The van der Waals surface area contributed by atoms with Crippen molar-refractivity contribution in [2.24, 2.45) is 0 Å². The molecule has 0 aliphatic heterocycles. The smallest absolute Gasteiger partial charge is 0.108 e. The van der Waals surface area contributed by atoms with E-state index < -0.39 is 0 Å². The molecule has 0 aliphatic carbocycles. The highest BCUT2D eigenvalue weighted by Gasteiger charge is 2.25. The Morgan fingerprint density at radius 3 is 1.14 bits per heavy atom. The third-order valence-electron chi connectivity index (χ3n) is 14.2. The van der Waals surface area contributed by atoms with Crippen molar-refractivity contribution in [3.8, 4) is 81.0 Å². The van der Waals surface area contributed by atoms with Gasteiger partial charge in [-0.1, -0.05) is 129 Å². The normalized spacial score (nSPS) is 11.8. The SMILES string of the molecule is CCCCCCc1csc(-c2ccc(-c3sc(-c4ccc(-c5cc(CCCCCC)c(-c6ccc(-c7cc(CCCCCC)cs7)s6)s5)c5nc(-c6cccs6)c(-c6cccs6)nc45)cc3CCCCCC)s2)c1. The molecule has 0 bridgehead atoms. The molecule has 0 unspecified atom stereocenters. The molecule has 9 heterocycles. The molecule has 0 amide bonds. The maximum atomic E-state index is 5.81. The molecule has 1 aromatic carbocycles. The lowest BCUT2D eigenvalue weighted by Crippen LogP contribution is -1.96. The average molecular weight is 1120 g/mol. The second-order valence-electron chi connectivity index (χ2n) is 19.9. The quantitative estimate of drug-likeness (QED) is 0.0457. The average Bonchev–Trinajstić information content (AvgIpc) is 4.27. The monoisotopic (exact) mass is 1120 g/mol. The third kappa shape index (κ3) is 12.8. The van der Waals surface area contributed by atoms with Crippen LogP contribution < -0.4 is 0 Å². The van der Waals surface area contributed by atoms with Gasteiger partial charge in [-0.2, -0.15) is 0 Å². The van der Waals surface area contributed by atoms with Gasteiger partial charge in [0.1, 0.15) is 11.4 Å². The Hall–Kier alpha value is -3.84. The van der Waals surface area contributed by atoms with E-state index in [4.69, 9.17) is 9.97 Å². The van der Waals surface area contributed by atoms with Gasteiger partial charge < -0.3 is 0 Å². The molecule has 0 saturated heterocycles. The van der Waals surface area contributed by atoms with Crippen molar-refractivity contribution in [2.75, 3.05) is 0 Å². The van der Waals surface area contributed by atoms with E-state index in [1.807, 2.05) is 68.0 Å². The van der Waals surface area contributed by atoms with Gasteiger partial charge >= 0.3 is 0 Å². The number of unbranched alkanes of at least 4 members (excludes halogenated alkanes) is 12. The number of hydrogen-bond acceptors (Lipinski definition) is 10. The molecule has 0 saturated carbocycles. The Bertz CT molecular complexity index is 3090. The Morgan fingerprint density at radius 1 is 0.338 bits per heavy atom. The molecule has 0 atom stereocenters. The van der Waals surface area contributed by atoms with Crippen molar-refractivity contribution < 1.29 is 0 Å². The summed E-state index contributed by atoms with van der Waals surface area (Å²) in [5, 5.41) is 9.13. The first kappa shape index (κ1) is 53.6. The number of thiophene rings is 8. The molecule has 0 spiro atoms. The first-order valence-corrected chi connectivity index (χ1v) is 34.3. The molecule has 10 heteroatoms. The topological polar surface area (TPSA) is 25.8 Å². The van der Waals surface area contributed by atoms with Gasteiger partial charge in [0.05, 0.1) is 20.8 Å². The van der Waals surface area contributed by atoms with Crippen LogP contribution in [0.15, 0.2) is 106 Å². The summed E-state index contributed by atoms with van der Waals surface area (Å²) in [4.78, 5) is 27.6. The van der Waals surface area contributed by atoms with Crippen LogP contribution >= 0.6 is 90.7 Å². The minimum absolute atomic E-state index is 0.973. The molecule has 0 fully saturated rings. The van der Waals surface area contributed by atoms with Crippen LogP contribution in [-0.4, -0.2) is 9.97 Å². The van der Waals surface area contributed by atoms with Crippen LogP contribution in [0.5, 0.6) is 0 Å². The minimum atomic E-state index is 0.973. The van der Waals surface area contributed by atoms with E-state index in [2.05, 4.69) is 134 Å². The van der Waals surface area contributed by atoms with Crippen molar-refractivity contribution in [2.45, 2.75) is 156 Å². The van der Waals surface area contributed by atoms with Gasteiger partial charge in [-0.3, -0.25) is 0 Å². The summed E-state index contributed by atoms with van der Waals surface area (Å²) >= 11 is 15.2. The molecular formula is C64H70N2S8. The molecule has 0 aliphatic rings. The van der Waals surface area contributed by atoms with Crippen molar-refractivity contribution in [1.29, 1.82) is 0 Å². The number of fused-ring (bicyclic) bond motifs is 1. The number of aromatic nitrogens is 2. The van der Waals surface area contributed by atoms with E-state index in [-0.39, 0.29) is 0 Å². The van der Waals surface area contributed by atoms with Gasteiger partial charge in [0.25, 0.3) is 0 Å². The maximum absolute atomic E-state index is 5.81. The van der Waals surface area contributed by atoms with E-state index in [0.29, 0.717) is 0 Å². The van der Waals surface area contributed by atoms with Gasteiger partial charge in [-0.05, 0) is 156 Å². The number of rotatable bonds is 28. The zero-order valence-electron chi connectivity index (χ0n) is 43.7. The summed E-state index contributed by atoms with van der Waals surface area (Å²) in [7, 11) is 0. The summed E-state index contributed by atoms with van der Waals surface area (Å²) in [6.07, 6.45) is 24.9. The van der Waals surface area contributed by atoms with Gasteiger partial charge in [-0.25, -0.2) is 9.97 Å². The fourth-order valence-corrected chi connectivity index (χ4v) is 18.4. The van der Waals surface area contributed by atoms with Crippen molar-refractivity contribution in [1.82, 2.24) is 9.97 Å². The molecule has 0 radical (unpaired) electrons. The molecule has 2 nitrogen and oxygen atoms in total. The molecule has 10 aromatic rings. The zero-order valence-corrected chi connectivity index (χ0v) is 50.2. The summed E-state index contributed by atoms with van der Waals surface area (Å²) in [6, 6.07) is 33.0. The molecule has 74 heavy (non-hydrogen) atoms. The van der Waals surface area contributed by atoms with Crippen molar-refractivity contribution in [3.63, 3.8) is 0 Å². The lowest BCUT2D eigenvalue weighted by atomic mass is 10.0. The fraction of sp³-hybridized carbons (Fsp3) is 0.375. The van der Waals surface area contributed by atoms with Crippen molar-refractivity contribution in [3.05, 3.63) is 129 Å². The molecule has 0 N–H and O–H groups in total. The third-order valence-corrected chi connectivity index (χ3v) is 23.2. The second-order valence-corrected chi connectivity index (χ2v) is 27.9. The van der Waals surface area contributed by atoms with Gasteiger partial charge in [-0.15, -0.1) is 90.7 Å². The largest absolute Gasteiger partial charge is 0.242 e. The highest BCUT2D eigenvalue weighted by Crippen LogP contribution is 2.50. The van der Waals surface area contributed by atoms with E-state index in [1.54, 1.807) is 22.7 Å². The van der Waals surface area contributed by atoms with Crippen LogP contribution in [0.4, 0.5) is 0 Å². The predicted octanol–water partition coefficient (Wildman–Crippen LogP) is 23.9. The summed E-state index contributed by atoms with van der Waals surface area (Å²) < 4.78 is 0. The van der Waals surface area contributed by atoms with Gasteiger partial charge in [0.15, 0.2) is 0 Å². The second kappa shape index (κ2) is 26.5. The van der Waals surface area contributed by atoms with Gasteiger partial charge in [0, 0.05) is 59.9 Å². The van der Waals surface area contributed by atoms with Crippen LogP contribution in [0.2, 0.25) is 0 Å². The Balaban J connectivity index is 1.07. The van der Waals surface area contributed by atoms with Gasteiger partial charge in [0.2, 0.25) is 0 Å². The Kier molecular flexibility index (Phi) is 19.2. The highest BCUT2D eigenvalue weighted by molar-refractivity contribution is 7.28. The van der Waals surface area contributed by atoms with Crippen LogP contribution in [0.1, 0.15) is 153 Å². The lowest BCUT2D eigenvalue weighted by molar-refractivity contribution is 0.667. The van der Waals surface area contributed by atoms with E-state index in [1.165, 1.54) is 198 Å². The molecule has 384 valence electrons. The lowest BCUT2D eigenvalue weighted by Gasteiger charge is -2.13. The van der Waals surface area contributed by atoms with E-state index in [0.717, 1.165) is 45.0 Å². The fourth-order valence-electron chi connectivity index (χ4n) is 10.1. The first-order valence-electron chi connectivity index (χ1n) is 27.6. The van der Waals surface area contributed by atoms with Crippen molar-refractivity contribution >= 4 is 102 Å². The van der Waals surface area contributed by atoms with E-state index in [9.17, 15) is 0 Å². The number of benzene rings is 1. The summed E-state index contributed by atoms with van der Waals surface area (Å²) in [5.74, 6) is 0.